The molecule has 0 aromatic heterocycles. The molecule has 6 nitrogen and oxygen atoms in total. The summed E-state index contributed by atoms with van der Waals surface area (Å²) in [4.78, 5) is 0.326. The number of sulfone groups is 3. The first-order valence-corrected chi connectivity index (χ1v) is 19.1. The molecule has 0 unspecified atom stereocenters. The smallest absolute Gasteiger partial charge is 0.178 e. The molecule has 44 heavy (non-hydrogen) atoms. The average Bonchev–Trinajstić information content (AvgIpc) is 3.31. The number of aryl methyl sites for hydroxylation is 2. The van der Waals surface area contributed by atoms with Crippen molar-refractivity contribution in [3.05, 3.63) is 125 Å². The first kappa shape index (κ1) is 31.8. The molecule has 0 fully saturated rings. The maximum absolute atomic E-state index is 13.9. The summed E-state index contributed by atoms with van der Waals surface area (Å²) in [5.74, 6) is -1.32. The van der Waals surface area contributed by atoms with Gasteiger partial charge in [0.25, 0.3) is 0 Å². The van der Waals surface area contributed by atoms with Gasteiger partial charge < -0.3 is 0 Å². The summed E-state index contributed by atoms with van der Waals surface area (Å²) in [5.41, 5.74) is 3.16. The van der Waals surface area contributed by atoms with Crippen LogP contribution in [-0.4, -0.2) is 43.0 Å². The fraction of sp³-hybridized carbons (Fsp3) is 0.235. The molecule has 0 spiro atoms. The maximum Gasteiger partial charge on any atom is 0.178 e. The molecule has 0 bridgehead atoms. The quantitative estimate of drug-likeness (QED) is 0.205. The Hall–Kier alpha value is -3.60. The van der Waals surface area contributed by atoms with Gasteiger partial charge in [-0.3, -0.25) is 0 Å². The van der Waals surface area contributed by atoms with Crippen molar-refractivity contribution < 1.29 is 29.6 Å². The Bertz CT molecular complexity index is 1970. The Kier molecular flexibility index (Phi) is 8.48. The molecule has 0 aliphatic heterocycles. The predicted octanol–water partition coefficient (Wildman–Crippen LogP) is 6.48. The van der Waals surface area contributed by atoms with Gasteiger partial charge >= 0.3 is 0 Å². The minimum Gasteiger partial charge on any atom is -0.224 e. The van der Waals surface area contributed by atoms with E-state index < -0.39 is 52.2 Å². The Morgan fingerprint density at radius 2 is 0.886 bits per heavy atom. The zero-order valence-electron chi connectivity index (χ0n) is 24.6. The molecular weight excluding hydrogens is 620 g/mol. The van der Waals surface area contributed by atoms with Crippen molar-refractivity contribution in [2.75, 3.05) is 17.8 Å². The molecule has 0 saturated heterocycles. The van der Waals surface area contributed by atoms with Crippen LogP contribution in [0.4, 0.5) is 4.39 Å². The lowest BCUT2D eigenvalue weighted by Gasteiger charge is -2.30. The van der Waals surface area contributed by atoms with Crippen molar-refractivity contribution in [1.29, 1.82) is 0 Å². The Morgan fingerprint density at radius 3 is 1.25 bits per heavy atom. The Labute approximate surface area is 259 Å². The fourth-order valence-corrected chi connectivity index (χ4v) is 10.3. The van der Waals surface area contributed by atoms with Gasteiger partial charge in [0.15, 0.2) is 29.5 Å². The normalized spacial score (nSPS) is 15.5. The largest absolute Gasteiger partial charge is 0.224 e. The summed E-state index contributed by atoms with van der Waals surface area (Å²) < 4.78 is 93.9. The molecule has 0 heterocycles. The summed E-state index contributed by atoms with van der Waals surface area (Å²) >= 11 is 0. The summed E-state index contributed by atoms with van der Waals surface area (Å²) in [6.07, 6.45) is 1.30. The molecular formula is C34H33FO6S3. The topological polar surface area (TPSA) is 102 Å². The Balaban J connectivity index is 1.66. The van der Waals surface area contributed by atoms with Crippen LogP contribution in [0.2, 0.25) is 0 Å². The lowest BCUT2D eigenvalue weighted by atomic mass is 9.87. The van der Waals surface area contributed by atoms with Crippen molar-refractivity contribution in [3.63, 3.8) is 0 Å². The monoisotopic (exact) mass is 652 g/mol. The Morgan fingerprint density at radius 1 is 0.545 bits per heavy atom. The highest BCUT2D eigenvalue weighted by Gasteiger charge is 2.46. The zero-order valence-corrected chi connectivity index (χ0v) is 27.1. The van der Waals surface area contributed by atoms with Gasteiger partial charge in [-0.2, -0.15) is 0 Å². The number of rotatable bonds is 9. The van der Waals surface area contributed by atoms with Crippen molar-refractivity contribution >= 4 is 40.7 Å². The van der Waals surface area contributed by atoms with E-state index in [4.69, 9.17) is 0 Å². The molecule has 0 saturated carbocycles. The summed E-state index contributed by atoms with van der Waals surface area (Å²) in [5, 5.41) is 0. The molecule has 1 aliphatic rings. The minimum atomic E-state index is -3.95. The summed E-state index contributed by atoms with van der Waals surface area (Å²) in [6, 6.07) is 25.0. The van der Waals surface area contributed by atoms with E-state index in [1.54, 1.807) is 48.5 Å². The lowest BCUT2D eigenvalue weighted by Crippen LogP contribution is -2.35. The molecule has 10 heteroatoms. The lowest BCUT2D eigenvalue weighted by molar-refractivity contribution is 0.403. The zero-order chi connectivity index (χ0) is 31.9. The van der Waals surface area contributed by atoms with Crippen LogP contribution in [0, 0.1) is 25.1 Å². The molecule has 0 atom stereocenters. The third-order valence-corrected chi connectivity index (χ3v) is 13.1. The van der Waals surface area contributed by atoms with Crippen LogP contribution < -0.4 is 0 Å². The molecule has 230 valence electrons. The van der Waals surface area contributed by atoms with Gasteiger partial charge in [-0.25, -0.2) is 29.6 Å². The van der Waals surface area contributed by atoms with Gasteiger partial charge in [0.1, 0.15) is 5.82 Å². The predicted molar refractivity (Wildman–Crippen MR) is 171 cm³/mol. The highest BCUT2D eigenvalue weighted by Crippen LogP contribution is 2.52. The van der Waals surface area contributed by atoms with Crippen molar-refractivity contribution in [1.82, 2.24) is 0 Å². The highest BCUT2D eigenvalue weighted by atomic mass is 32.2. The third-order valence-electron chi connectivity index (χ3n) is 8.04. The van der Waals surface area contributed by atoms with Gasteiger partial charge in [-0.15, -0.1) is 0 Å². The number of halogens is 1. The van der Waals surface area contributed by atoms with Gasteiger partial charge in [-0.1, -0.05) is 59.7 Å². The van der Waals surface area contributed by atoms with Crippen molar-refractivity contribution in [2.24, 2.45) is 5.41 Å². The van der Waals surface area contributed by atoms with E-state index in [9.17, 15) is 29.6 Å². The van der Waals surface area contributed by atoms with Gasteiger partial charge in [0, 0.05) is 11.7 Å². The van der Waals surface area contributed by atoms with E-state index in [-0.39, 0.29) is 27.5 Å². The minimum absolute atomic E-state index is 0.0914. The van der Waals surface area contributed by atoms with E-state index in [2.05, 4.69) is 0 Å². The van der Waals surface area contributed by atoms with Crippen molar-refractivity contribution in [3.8, 4) is 0 Å². The average molecular weight is 653 g/mol. The second-order valence-corrected chi connectivity index (χ2v) is 17.8. The van der Waals surface area contributed by atoms with Crippen LogP contribution in [0.1, 0.15) is 35.1 Å². The van der Waals surface area contributed by atoms with Crippen LogP contribution in [0.3, 0.4) is 0 Å². The number of benzene rings is 4. The van der Waals surface area contributed by atoms with E-state index in [0.717, 1.165) is 17.4 Å². The first-order chi connectivity index (χ1) is 20.6. The molecule has 1 aliphatic carbocycles. The second kappa shape index (κ2) is 11.7. The van der Waals surface area contributed by atoms with E-state index >= 15 is 0 Å². The maximum atomic E-state index is 13.9. The molecule has 0 N–H and O–H groups in total. The van der Waals surface area contributed by atoms with Crippen LogP contribution in [0.5, 0.6) is 0 Å². The van der Waals surface area contributed by atoms with Crippen LogP contribution in [0.25, 0.3) is 11.1 Å². The summed E-state index contributed by atoms with van der Waals surface area (Å²) in [6.45, 7) is 3.70. The molecule has 4 aromatic carbocycles. The number of hydrogen-bond acceptors (Lipinski definition) is 6. The molecule has 0 radical (unpaired) electrons. The molecule has 5 rings (SSSR count). The van der Waals surface area contributed by atoms with Gasteiger partial charge in [0.05, 0.1) is 26.2 Å². The number of allylic oxidation sites excluding steroid dienone is 2. The van der Waals surface area contributed by atoms with Crippen molar-refractivity contribution in [2.45, 2.75) is 41.4 Å². The standard InChI is InChI=1S/C34H33FO6S3/c1-24-4-14-30(15-5-24)43(38,39)22-34(23-44(40,41)31-16-6-25(2)7-17-31)20-32(26-8-12-28(35)13-9-26)33(21-34)27-10-18-29(19-11-27)42(3,36)37/h4-19H,20-23H2,1-3H3. The van der Waals surface area contributed by atoms with Gasteiger partial charge in [0.2, 0.25) is 0 Å². The SMILES string of the molecule is Cc1ccc(S(=O)(=O)CC2(CS(=O)(=O)c3ccc(C)cc3)CC(c3ccc(F)cc3)=C(c3ccc(S(C)(=O)=O)cc3)C2)cc1. The summed E-state index contributed by atoms with van der Waals surface area (Å²) in [7, 11) is -11.4. The third kappa shape index (κ3) is 6.87. The first-order valence-electron chi connectivity index (χ1n) is 13.9. The fourth-order valence-electron chi connectivity index (χ4n) is 5.84. The van der Waals surface area contributed by atoms with E-state index in [0.29, 0.717) is 22.3 Å². The van der Waals surface area contributed by atoms with Crippen LogP contribution >= 0.6 is 0 Å². The van der Waals surface area contributed by atoms with E-state index in [1.165, 1.54) is 48.5 Å². The molecule has 0 amide bonds. The second-order valence-electron chi connectivity index (χ2n) is 11.8. The number of hydrogen-bond donors (Lipinski definition) is 0. The highest BCUT2D eigenvalue weighted by molar-refractivity contribution is 7.92. The van der Waals surface area contributed by atoms with Crippen LogP contribution in [0.15, 0.2) is 112 Å². The van der Waals surface area contributed by atoms with Crippen LogP contribution in [-0.2, 0) is 29.5 Å². The molecule has 4 aromatic rings. The van der Waals surface area contributed by atoms with E-state index in [1.807, 2.05) is 13.8 Å². The van der Waals surface area contributed by atoms with Gasteiger partial charge in [-0.05, 0) is 97.5 Å².